The molecule has 22 heavy (non-hydrogen) atoms. The second-order valence-corrected chi connectivity index (χ2v) is 5.29. The van der Waals surface area contributed by atoms with Crippen molar-refractivity contribution in [2.24, 2.45) is 5.73 Å². The normalized spacial score (nSPS) is 15.0. The van der Waals surface area contributed by atoms with Gasteiger partial charge in [-0.3, -0.25) is 0 Å². The van der Waals surface area contributed by atoms with E-state index < -0.39 is 12.0 Å². The maximum absolute atomic E-state index is 11.4. The molecular formula is C15H19N3O4. The van der Waals surface area contributed by atoms with E-state index in [2.05, 4.69) is 4.98 Å². The Morgan fingerprint density at radius 3 is 2.73 bits per heavy atom. The summed E-state index contributed by atoms with van der Waals surface area (Å²) in [4.78, 5) is 16.0. The average Bonchev–Trinajstić information content (AvgIpc) is 2.86. The third kappa shape index (κ3) is 2.48. The van der Waals surface area contributed by atoms with Crippen LogP contribution >= 0.6 is 0 Å². The summed E-state index contributed by atoms with van der Waals surface area (Å²) in [5, 5.41) is 9.37. The van der Waals surface area contributed by atoms with Crippen LogP contribution in [0.3, 0.4) is 0 Å². The fraction of sp³-hybridized carbons (Fsp3) is 0.467. The Balaban J connectivity index is 2.15. The van der Waals surface area contributed by atoms with Gasteiger partial charge in [0.15, 0.2) is 11.5 Å². The molecule has 1 unspecified atom stereocenters. The monoisotopic (exact) mass is 305 g/mol. The number of carbonyl (C=O) groups is 1. The molecule has 7 nitrogen and oxygen atoms in total. The number of aromatic nitrogens is 2. The highest BCUT2D eigenvalue weighted by Crippen LogP contribution is 2.36. The first-order valence-corrected chi connectivity index (χ1v) is 7.35. The number of rotatable bonds is 5. The second-order valence-electron chi connectivity index (χ2n) is 5.29. The van der Waals surface area contributed by atoms with Crippen molar-refractivity contribution in [2.75, 3.05) is 19.8 Å². The molecule has 0 fully saturated rings. The Labute approximate surface area is 127 Å². The number of aliphatic carboxylic acids is 1. The molecule has 0 radical (unpaired) electrons. The van der Waals surface area contributed by atoms with Crippen LogP contribution in [0.2, 0.25) is 0 Å². The molecule has 0 amide bonds. The Kier molecular flexibility index (Phi) is 3.89. The van der Waals surface area contributed by atoms with E-state index in [9.17, 15) is 9.90 Å². The van der Waals surface area contributed by atoms with E-state index in [1.54, 1.807) is 17.6 Å². The number of benzene rings is 1. The summed E-state index contributed by atoms with van der Waals surface area (Å²) in [6, 6.07) is 2.91. The predicted molar refractivity (Wildman–Crippen MR) is 80.4 cm³/mol. The molecule has 0 saturated carbocycles. The van der Waals surface area contributed by atoms with E-state index in [1.165, 1.54) is 0 Å². The summed E-state index contributed by atoms with van der Waals surface area (Å²) >= 11 is 0. The van der Waals surface area contributed by atoms with Crippen LogP contribution in [0.25, 0.3) is 11.0 Å². The van der Waals surface area contributed by atoms with Crippen LogP contribution in [0.1, 0.15) is 25.2 Å². The molecule has 118 valence electrons. The van der Waals surface area contributed by atoms with E-state index in [4.69, 9.17) is 15.2 Å². The number of nitrogens with two attached hydrogens (primary N) is 1. The van der Waals surface area contributed by atoms with Crippen LogP contribution in [0, 0.1) is 0 Å². The van der Waals surface area contributed by atoms with Gasteiger partial charge in [-0.1, -0.05) is 0 Å². The molecule has 1 aliphatic heterocycles. The lowest BCUT2D eigenvalue weighted by molar-refractivity contribution is -0.140. The van der Waals surface area contributed by atoms with Crippen LogP contribution in [0.5, 0.6) is 11.5 Å². The minimum atomic E-state index is -0.900. The maximum Gasteiger partial charge on any atom is 0.326 e. The lowest BCUT2D eigenvalue weighted by Gasteiger charge is -2.19. The molecule has 0 bridgehead atoms. The largest absolute Gasteiger partial charge is 0.486 e. The highest BCUT2D eigenvalue weighted by Gasteiger charge is 2.23. The van der Waals surface area contributed by atoms with Crippen molar-refractivity contribution in [3.63, 3.8) is 0 Å². The maximum atomic E-state index is 11.4. The van der Waals surface area contributed by atoms with Gasteiger partial charge in [0.05, 0.1) is 11.0 Å². The van der Waals surface area contributed by atoms with Gasteiger partial charge >= 0.3 is 5.97 Å². The molecular weight excluding hydrogens is 286 g/mol. The third-order valence-corrected chi connectivity index (χ3v) is 3.78. The quantitative estimate of drug-likeness (QED) is 0.865. The molecule has 1 aromatic heterocycles. The number of imidazole rings is 1. The first-order valence-electron chi connectivity index (χ1n) is 7.35. The minimum Gasteiger partial charge on any atom is -0.486 e. The van der Waals surface area contributed by atoms with Gasteiger partial charge < -0.3 is 24.9 Å². The van der Waals surface area contributed by atoms with Crippen molar-refractivity contribution in [3.8, 4) is 11.5 Å². The zero-order valence-corrected chi connectivity index (χ0v) is 12.4. The van der Waals surface area contributed by atoms with Gasteiger partial charge in [0.2, 0.25) is 0 Å². The van der Waals surface area contributed by atoms with Gasteiger partial charge in [0.1, 0.15) is 25.1 Å². The summed E-state index contributed by atoms with van der Waals surface area (Å²) in [6.07, 6.45) is 1.39. The molecule has 7 heteroatoms. The van der Waals surface area contributed by atoms with Crippen LogP contribution in [-0.4, -0.2) is 40.4 Å². The summed E-state index contributed by atoms with van der Waals surface area (Å²) < 4.78 is 12.9. The van der Waals surface area contributed by atoms with E-state index in [0.717, 1.165) is 17.8 Å². The molecule has 1 aliphatic rings. The number of nitrogens with zero attached hydrogens (tertiary/aromatic N) is 2. The van der Waals surface area contributed by atoms with Gasteiger partial charge in [-0.15, -0.1) is 0 Å². The van der Waals surface area contributed by atoms with E-state index in [0.29, 0.717) is 43.2 Å². The first-order chi connectivity index (χ1) is 10.6. The molecule has 3 N–H and O–H groups in total. The van der Waals surface area contributed by atoms with Gasteiger partial charge in [-0.05, 0) is 19.9 Å². The van der Waals surface area contributed by atoms with Crippen LogP contribution in [0.4, 0.5) is 0 Å². The number of carboxylic acids is 1. The van der Waals surface area contributed by atoms with Crippen molar-refractivity contribution in [3.05, 3.63) is 18.0 Å². The lowest BCUT2D eigenvalue weighted by atomic mass is 10.2. The van der Waals surface area contributed by atoms with Gasteiger partial charge in [-0.25, -0.2) is 9.78 Å². The fourth-order valence-corrected chi connectivity index (χ4v) is 2.66. The molecule has 0 spiro atoms. The summed E-state index contributed by atoms with van der Waals surface area (Å²) in [6.45, 7) is 3.17. The van der Waals surface area contributed by atoms with Crippen molar-refractivity contribution in [2.45, 2.75) is 25.8 Å². The highest BCUT2D eigenvalue weighted by molar-refractivity contribution is 5.83. The second kappa shape index (κ2) is 5.84. The number of fused-ring (bicyclic) bond motifs is 2. The number of ether oxygens (including phenoxy) is 2. The zero-order valence-electron chi connectivity index (χ0n) is 12.4. The molecule has 1 aromatic carbocycles. The smallest absolute Gasteiger partial charge is 0.326 e. The molecule has 3 rings (SSSR count). The number of carboxylic acid groups (broad SMARTS) is 1. The van der Waals surface area contributed by atoms with E-state index >= 15 is 0 Å². The average molecular weight is 305 g/mol. The number of hydrogen-bond acceptors (Lipinski definition) is 5. The highest BCUT2D eigenvalue weighted by atomic mass is 16.6. The van der Waals surface area contributed by atoms with Crippen LogP contribution in [-0.2, 0) is 11.2 Å². The van der Waals surface area contributed by atoms with Gasteiger partial charge in [0, 0.05) is 18.6 Å². The predicted octanol–water partition coefficient (Wildman–Crippen LogP) is 1.34. The van der Waals surface area contributed by atoms with Gasteiger partial charge in [-0.2, -0.15) is 0 Å². The molecule has 1 atom stereocenters. The topological polar surface area (TPSA) is 99.6 Å². The van der Waals surface area contributed by atoms with Crippen LogP contribution in [0.15, 0.2) is 12.1 Å². The number of hydrogen-bond donors (Lipinski definition) is 2. The third-order valence-electron chi connectivity index (χ3n) is 3.78. The minimum absolute atomic E-state index is 0.487. The Morgan fingerprint density at radius 2 is 2.09 bits per heavy atom. The summed E-state index contributed by atoms with van der Waals surface area (Å²) in [5.41, 5.74) is 7.02. The van der Waals surface area contributed by atoms with Crippen molar-refractivity contribution < 1.29 is 19.4 Å². The van der Waals surface area contributed by atoms with Gasteiger partial charge in [0.25, 0.3) is 0 Å². The Bertz CT molecular complexity index is 710. The van der Waals surface area contributed by atoms with Crippen molar-refractivity contribution >= 4 is 17.0 Å². The van der Waals surface area contributed by atoms with Crippen molar-refractivity contribution in [1.29, 1.82) is 0 Å². The molecule has 0 saturated heterocycles. The molecule has 2 heterocycles. The Hall–Kier alpha value is -2.28. The molecule has 2 aromatic rings. The van der Waals surface area contributed by atoms with Crippen molar-refractivity contribution in [1.82, 2.24) is 9.55 Å². The first kappa shape index (κ1) is 14.6. The lowest BCUT2D eigenvalue weighted by Crippen LogP contribution is -2.19. The van der Waals surface area contributed by atoms with Crippen LogP contribution < -0.4 is 15.2 Å². The summed E-state index contributed by atoms with van der Waals surface area (Å²) in [5.74, 6) is 1.10. The summed E-state index contributed by atoms with van der Waals surface area (Å²) in [7, 11) is 0. The standard InChI is InChI=1S/C15H19N3O4/c1-9(15(19)20)18-11-8-13-12(21-5-6-22-13)7-10(11)17-14(18)3-2-4-16/h7-9H,2-6,16H2,1H3,(H,19,20). The fourth-order valence-electron chi connectivity index (χ4n) is 2.66. The SMILES string of the molecule is CC(C(=O)O)n1c(CCCN)nc2cc3c(cc21)OCCO3. The number of aryl methyl sites for hydroxylation is 1. The van der Waals surface area contributed by atoms with E-state index in [1.807, 2.05) is 6.07 Å². The zero-order chi connectivity index (χ0) is 15.7. The van der Waals surface area contributed by atoms with E-state index in [-0.39, 0.29) is 0 Å². The molecule has 0 aliphatic carbocycles. The Morgan fingerprint density at radius 1 is 1.41 bits per heavy atom.